The maximum Gasteiger partial charge on any atom is 0.332 e. The van der Waals surface area contributed by atoms with Gasteiger partial charge in [-0.25, -0.2) is 10.2 Å². The fraction of sp³-hybridized carbons (Fsp3) is 0.375. The third-order valence-electron chi connectivity index (χ3n) is 3.01. The first-order valence-corrected chi connectivity index (χ1v) is 8.03. The number of unbranched alkanes of at least 4 members (excludes halogenated alkanes) is 3. The summed E-state index contributed by atoms with van der Waals surface area (Å²) in [5, 5.41) is 5.04. The van der Waals surface area contributed by atoms with Gasteiger partial charge in [-0.1, -0.05) is 61.5 Å². The summed E-state index contributed by atoms with van der Waals surface area (Å²) in [5.41, 5.74) is 9.00. The van der Waals surface area contributed by atoms with Gasteiger partial charge in [0.1, 0.15) is 0 Å². The number of nitrogens with one attached hydrogen (secondary N) is 1. The number of carbonyl (C=O) groups excluding carboxylic acids is 1. The van der Waals surface area contributed by atoms with Gasteiger partial charge < -0.3 is 5.73 Å². The number of benzene rings is 1. The summed E-state index contributed by atoms with van der Waals surface area (Å²) in [5.74, 6) is 0. The van der Waals surface area contributed by atoms with Gasteiger partial charge in [0.25, 0.3) is 0 Å². The van der Waals surface area contributed by atoms with Crippen LogP contribution in [-0.2, 0) is 0 Å². The molecule has 1 rings (SSSR count). The molecule has 0 unspecified atom stereocenters. The Morgan fingerprint density at radius 3 is 2.68 bits per heavy atom. The van der Waals surface area contributed by atoms with Crippen molar-refractivity contribution in [2.24, 2.45) is 10.8 Å². The van der Waals surface area contributed by atoms with Crippen LogP contribution >= 0.6 is 23.2 Å². The van der Waals surface area contributed by atoms with E-state index in [1.807, 2.05) is 18.2 Å². The SMILES string of the molecule is CCCCCCC(/C=C/c1ccc(Cl)c(Cl)c1)=NNC(N)=O. The first-order valence-electron chi connectivity index (χ1n) is 7.28. The van der Waals surface area contributed by atoms with Crippen LogP contribution in [0, 0.1) is 0 Å². The molecule has 1 aromatic carbocycles. The van der Waals surface area contributed by atoms with Crippen LogP contribution in [0.5, 0.6) is 0 Å². The van der Waals surface area contributed by atoms with Crippen LogP contribution in [0.15, 0.2) is 29.4 Å². The lowest BCUT2D eigenvalue weighted by molar-refractivity contribution is 0.249. The van der Waals surface area contributed by atoms with E-state index in [-0.39, 0.29) is 0 Å². The molecule has 3 N–H and O–H groups in total. The fourth-order valence-electron chi connectivity index (χ4n) is 1.84. The molecule has 6 heteroatoms. The third-order valence-corrected chi connectivity index (χ3v) is 3.75. The van der Waals surface area contributed by atoms with Crippen LogP contribution in [0.2, 0.25) is 10.0 Å². The van der Waals surface area contributed by atoms with Crippen molar-refractivity contribution in [1.82, 2.24) is 5.43 Å². The second-order valence-corrected chi connectivity index (χ2v) is 5.71. The third kappa shape index (κ3) is 7.48. The highest BCUT2D eigenvalue weighted by Crippen LogP contribution is 2.23. The summed E-state index contributed by atoms with van der Waals surface area (Å²) in [6.45, 7) is 2.16. The Morgan fingerprint density at radius 2 is 2.05 bits per heavy atom. The summed E-state index contributed by atoms with van der Waals surface area (Å²) in [6, 6.07) is 4.70. The van der Waals surface area contributed by atoms with E-state index in [9.17, 15) is 4.79 Å². The minimum Gasteiger partial charge on any atom is -0.350 e. The van der Waals surface area contributed by atoms with Crippen molar-refractivity contribution in [2.45, 2.75) is 39.0 Å². The van der Waals surface area contributed by atoms with Crippen molar-refractivity contribution in [3.8, 4) is 0 Å². The van der Waals surface area contributed by atoms with Gasteiger partial charge in [-0.05, 0) is 36.6 Å². The van der Waals surface area contributed by atoms with E-state index in [2.05, 4.69) is 17.5 Å². The number of hydrogen-bond donors (Lipinski definition) is 2. The molecule has 120 valence electrons. The van der Waals surface area contributed by atoms with Crippen LogP contribution in [0.1, 0.15) is 44.6 Å². The van der Waals surface area contributed by atoms with Crippen molar-refractivity contribution >= 4 is 41.0 Å². The molecule has 2 amide bonds. The Morgan fingerprint density at radius 1 is 1.27 bits per heavy atom. The number of allylic oxidation sites excluding steroid dienone is 1. The molecule has 0 atom stereocenters. The Hall–Kier alpha value is -1.52. The zero-order valence-electron chi connectivity index (χ0n) is 12.6. The Kier molecular flexibility index (Phi) is 8.63. The molecule has 0 radical (unpaired) electrons. The van der Waals surface area contributed by atoms with Crippen LogP contribution in [0.3, 0.4) is 0 Å². The molecule has 0 aromatic heterocycles. The lowest BCUT2D eigenvalue weighted by Gasteiger charge is -2.03. The average molecular weight is 342 g/mol. The van der Waals surface area contributed by atoms with Crippen LogP contribution in [0.25, 0.3) is 6.08 Å². The maximum atomic E-state index is 10.8. The molecular formula is C16H21Cl2N3O. The summed E-state index contributed by atoms with van der Waals surface area (Å²) in [7, 11) is 0. The average Bonchev–Trinajstić information content (AvgIpc) is 2.48. The molecule has 22 heavy (non-hydrogen) atoms. The molecule has 0 saturated heterocycles. The maximum absolute atomic E-state index is 10.8. The van der Waals surface area contributed by atoms with Gasteiger partial charge in [0.2, 0.25) is 0 Å². The van der Waals surface area contributed by atoms with Crippen molar-refractivity contribution in [2.75, 3.05) is 0 Å². The number of nitrogens with zero attached hydrogens (tertiary/aromatic N) is 1. The van der Waals surface area contributed by atoms with E-state index in [1.165, 1.54) is 12.8 Å². The van der Waals surface area contributed by atoms with Crippen molar-refractivity contribution < 1.29 is 4.79 Å². The van der Waals surface area contributed by atoms with Gasteiger partial charge in [-0.2, -0.15) is 5.10 Å². The predicted molar refractivity (Wildman–Crippen MR) is 94.4 cm³/mol. The number of amides is 2. The number of nitrogens with two attached hydrogens (primary N) is 1. The van der Waals surface area contributed by atoms with Gasteiger partial charge in [0.05, 0.1) is 15.8 Å². The number of hydrogen-bond acceptors (Lipinski definition) is 2. The molecule has 0 aliphatic rings. The minimum absolute atomic E-state index is 0.500. The zero-order chi connectivity index (χ0) is 16.4. The van der Waals surface area contributed by atoms with Gasteiger partial charge in [-0.15, -0.1) is 0 Å². The molecule has 1 aromatic rings. The Bertz CT molecular complexity index is 556. The molecule has 0 aliphatic carbocycles. The second-order valence-electron chi connectivity index (χ2n) is 4.90. The summed E-state index contributed by atoms with van der Waals surface area (Å²) < 4.78 is 0. The minimum atomic E-state index is -0.672. The van der Waals surface area contributed by atoms with Crippen LogP contribution in [0.4, 0.5) is 4.79 Å². The van der Waals surface area contributed by atoms with Gasteiger partial charge in [-0.3, -0.25) is 0 Å². The van der Waals surface area contributed by atoms with E-state index in [1.54, 1.807) is 12.1 Å². The largest absolute Gasteiger partial charge is 0.350 e. The lowest BCUT2D eigenvalue weighted by Crippen LogP contribution is -2.25. The van der Waals surface area contributed by atoms with Crippen LogP contribution < -0.4 is 11.2 Å². The second kappa shape index (κ2) is 10.2. The van der Waals surface area contributed by atoms with E-state index in [4.69, 9.17) is 28.9 Å². The van der Waals surface area contributed by atoms with Crippen molar-refractivity contribution in [3.05, 3.63) is 39.9 Å². The summed E-state index contributed by atoms with van der Waals surface area (Å²) in [4.78, 5) is 10.8. The lowest BCUT2D eigenvalue weighted by atomic mass is 10.1. The van der Waals surface area contributed by atoms with E-state index >= 15 is 0 Å². The predicted octanol–water partition coefficient (Wildman–Crippen LogP) is 5.00. The summed E-state index contributed by atoms with van der Waals surface area (Å²) in [6.07, 6.45) is 9.01. The Labute approximate surface area is 141 Å². The quantitative estimate of drug-likeness (QED) is 0.390. The fourth-order valence-corrected chi connectivity index (χ4v) is 2.15. The highest BCUT2D eigenvalue weighted by atomic mass is 35.5. The molecular weight excluding hydrogens is 321 g/mol. The number of primary amides is 1. The number of rotatable bonds is 8. The van der Waals surface area contributed by atoms with Gasteiger partial charge in [0.15, 0.2) is 0 Å². The van der Waals surface area contributed by atoms with Gasteiger partial charge >= 0.3 is 6.03 Å². The smallest absolute Gasteiger partial charge is 0.332 e. The van der Waals surface area contributed by atoms with E-state index in [0.29, 0.717) is 10.0 Å². The van der Waals surface area contributed by atoms with Crippen molar-refractivity contribution in [3.63, 3.8) is 0 Å². The summed E-state index contributed by atoms with van der Waals surface area (Å²) >= 11 is 11.9. The van der Waals surface area contributed by atoms with Crippen LogP contribution in [-0.4, -0.2) is 11.7 Å². The van der Waals surface area contributed by atoms with Gasteiger partial charge in [0, 0.05) is 0 Å². The number of carbonyl (C=O) groups is 1. The molecule has 0 fully saturated rings. The molecule has 0 bridgehead atoms. The highest BCUT2D eigenvalue weighted by Gasteiger charge is 2.00. The normalized spacial score (nSPS) is 11.9. The first-order chi connectivity index (χ1) is 10.5. The monoisotopic (exact) mass is 341 g/mol. The van der Waals surface area contributed by atoms with E-state index in [0.717, 1.165) is 30.5 Å². The molecule has 0 saturated carbocycles. The first kappa shape index (κ1) is 18.5. The Balaban J connectivity index is 2.72. The molecule has 4 nitrogen and oxygen atoms in total. The number of hydrazone groups is 1. The number of urea groups is 1. The topological polar surface area (TPSA) is 67.5 Å². The standard InChI is InChI=1S/C16H21Cl2N3O/c1-2-3-4-5-6-13(20-21-16(19)22)9-7-12-8-10-14(17)15(18)11-12/h7-11H,2-6H2,1H3,(H3,19,21,22)/b9-7+,20-13?. The zero-order valence-corrected chi connectivity index (χ0v) is 14.1. The molecule has 0 heterocycles. The highest BCUT2D eigenvalue weighted by molar-refractivity contribution is 6.42. The van der Waals surface area contributed by atoms with Crippen molar-refractivity contribution in [1.29, 1.82) is 0 Å². The molecule has 0 spiro atoms. The van der Waals surface area contributed by atoms with E-state index < -0.39 is 6.03 Å². The molecule has 0 aliphatic heterocycles. The number of halogens is 2.